The third-order valence-corrected chi connectivity index (χ3v) is 3.71. The third kappa shape index (κ3) is 3.21. The lowest BCUT2D eigenvalue weighted by molar-refractivity contribution is 0.229. The van der Waals surface area contributed by atoms with Gasteiger partial charge in [0.25, 0.3) is 0 Å². The molecule has 1 aromatic heterocycles. The van der Waals surface area contributed by atoms with Gasteiger partial charge in [-0.3, -0.25) is 0 Å². The van der Waals surface area contributed by atoms with E-state index in [1.807, 2.05) is 18.2 Å². The molecule has 1 aliphatic carbocycles. The van der Waals surface area contributed by atoms with Crippen LogP contribution in [0.1, 0.15) is 39.5 Å². The van der Waals surface area contributed by atoms with Crippen LogP contribution in [0.3, 0.4) is 0 Å². The van der Waals surface area contributed by atoms with Crippen molar-refractivity contribution in [1.29, 1.82) is 0 Å². The van der Waals surface area contributed by atoms with Crippen LogP contribution in [0.25, 0.3) is 0 Å². The van der Waals surface area contributed by atoms with Gasteiger partial charge < -0.3 is 5.32 Å². The number of hydrogen-bond donors (Lipinski definition) is 1. The van der Waals surface area contributed by atoms with Crippen LogP contribution < -0.4 is 5.32 Å². The Kier molecular flexibility index (Phi) is 3.53. The minimum atomic E-state index is 0.474. The Hall–Kier alpha value is -0.570. The fourth-order valence-corrected chi connectivity index (χ4v) is 2.86. The van der Waals surface area contributed by atoms with Crippen molar-refractivity contribution in [2.24, 2.45) is 5.41 Å². The van der Waals surface area contributed by atoms with Crippen molar-refractivity contribution in [1.82, 2.24) is 4.98 Å². The number of anilines is 1. The summed E-state index contributed by atoms with van der Waals surface area (Å²) < 4.78 is 0.896. The molecule has 2 rings (SSSR count). The standard InChI is InChI=1S/C13H19BrN2/c1-13(2)8-4-5-10(9-13)15-12-7-3-6-11(14)16-12/h3,6-7,10H,4-5,8-9H2,1-2H3,(H,15,16). The predicted octanol–water partition coefficient (Wildman–Crippen LogP) is 4.22. The zero-order valence-corrected chi connectivity index (χ0v) is 11.5. The Morgan fingerprint density at radius 2 is 2.25 bits per heavy atom. The summed E-state index contributed by atoms with van der Waals surface area (Å²) in [7, 11) is 0. The molecule has 2 nitrogen and oxygen atoms in total. The Balaban J connectivity index is 1.99. The van der Waals surface area contributed by atoms with Gasteiger partial charge in [0, 0.05) is 6.04 Å². The number of hydrogen-bond acceptors (Lipinski definition) is 2. The van der Waals surface area contributed by atoms with Crippen molar-refractivity contribution in [2.75, 3.05) is 5.32 Å². The third-order valence-electron chi connectivity index (χ3n) is 3.27. The van der Waals surface area contributed by atoms with Crippen molar-refractivity contribution in [2.45, 2.75) is 45.6 Å². The minimum absolute atomic E-state index is 0.474. The molecule has 1 fully saturated rings. The molecule has 0 bridgehead atoms. The highest BCUT2D eigenvalue weighted by atomic mass is 79.9. The van der Waals surface area contributed by atoms with Gasteiger partial charge in [-0.25, -0.2) is 4.98 Å². The molecule has 1 unspecified atom stereocenters. The summed E-state index contributed by atoms with van der Waals surface area (Å²) in [6.07, 6.45) is 5.16. The van der Waals surface area contributed by atoms with Crippen LogP contribution in [-0.2, 0) is 0 Å². The summed E-state index contributed by atoms with van der Waals surface area (Å²) in [5, 5.41) is 3.54. The first-order valence-corrected chi connectivity index (χ1v) is 6.74. The van der Waals surface area contributed by atoms with Crippen LogP contribution in [0, 0.1) is 5.41 Å². The number of halogens is 1. The molecular formula is C13H19BrN2. The maximum absolute atomic E-state index is 4.42. The van der Waals surface area contributed by atoms with Gasteiger partial charge >= 0.3 is 0 Å². The molecule has 0 amide bonds. The number of nitrogens with one attached hydrogen (secondary N) is 1. The monoisotopic (exact) mass is 282 g/mol. The van der Waals surface area contributed by atoms with Gasteiger partial charge in [-0.1, -0.05) is 26.3 Å². The summed E-state index contributed by atoms with van der Waals surface area (Å²) >= 11 is 3.40. The average Bonchev–Trinajstić information content (AvgIpc) is 2.15. The smallest absolute Gasteiger partial charge is 0.127 e. The van der Waals surface area contributed by atoms with Gasteiger partial charge in [0.1, 0.15) is 10.4 Å². The van der Waals surface area contributed by atoms with Gasteiger partial charge in [0.05, 0.1) is 0 Å². The molecule has 0 aromatic carbocycles. The highest BCUT2D eigenvalue weighted by Gasteiger charge is 2.27. The highest BCUT2D eigenvalue weighted by molar-refractivity contribution is 9.10. The maximum atomic E-state index is 4.42. The molecule has 3 heteroatoms. The number of aromatic nitrogens is 1. The van der Waals surface area contributed by atoms with E-state index in [1.165, 1.54) is 25.7 Å². The summed E-state index contributed by atoms with van der Waals surface area (Å²) in [5.41, 5.74) is 0.474. The lowest BCUT2D eigenvalue weighted by atomic mass is 9.75. The minimum Gasteiger partial charge on any atom is -0.367 e. The van der Waals surface area contributed by atoms with Crippen molar-refractivity contribution >= 4 is 21.7 Å². The molecule has 1 atom stereocenters. The molecule has 1 heterocycles. The first-order chi connectivity index (χ1) is 7.55. The number of nitrogens with zero attached hydrogens (tertiary/aromatic N) is 1. The molecule has 1 aliphatic rings. The zero-order chi connectivity index (χ0) is 11.6. The van der Waals surface area contributed by atoms with Crippen LogP contribution in [0.4, 0.5) is 5.82 Å². The second-order valence-electron chi connectivity index (χ2n) is 5.45. The predicted molar refractivity (Wildman–Crippen MR) is 71.6 cm³/mol. The van der Waals surface area contributed by atoms with E-state index in [4.69, 9.17) is 0 Å². The first kappa shape index (κ1) is 11.9. The Bertz CT molecular complexity index is 363. The maximum Gasteiger partial charge on any atom is 0.127 e. The van der Waals surface area contributed by atoms with E-state index >= 15 is 0 Å². The van der Waals surface area contributed by atoms with Crippen molar-refractivity contribution in [3.05, 3.63) is 22.8 Å². The fraction of sp³-hybridized carbons (Fsp3) is 0.615. The molecule has 1 aromatic rings. The van der Waals surface area contributed by atoms with E-state index in [9.17, 15) is 0 Å². The van der Waals surface area contributed by atoms with E-state index in [0.29, 0.717) is 11.5 Å². The Labute approximate surface area is 106 Å². The molecule has 16 heavy (non-hydrogen) atoms. The van der Waals surface area contributed by atoms with Crippen LogP contribution in [-0.4, -0.2) is 11.0 Å². The largest absolute Gasteiger partial charge is 0.367 e. The lowest BCUT2D eigenvalue weighted by Gasteiger charge is -2.35. The average molecular weight is 283 g/mol. The van der Waals surface area contributed by atoms with Gasteiger partial charge in [-0.15, -0.1) is 0 Å². The van der Waals surface area contributed by atoms with Crippen LogP contribution in [0.2, 0.25) is 0 Å². The molecule has 0 radical (unpaired) electrons. The number of rotatable bonds is 2. The van der Waals surface area contributed by atoms with Crippen LogP contribution in [0.5, 0.6) is 0 Å². The first-order valence-electron chi connectivity index (χ1n) is 5.94. The van der Waals surface area contributed by atoms with Crippen molar-refractivity contribution in [3.8, 4) is 0 Å². The van der Waals surface area contributed by atoms with Crippen LogP contribution >= 0.6 is 15.9 Å². The summed E-state index contributed by atoms with van der Waals surface area (Å²) in [5.74, 6) is 0.983. The van der Waals surface area contributed by atoms with Gasteiger partial charge in [-0.05, 0) is 52.7 Å². The summed E-state index contributed by atoms with van der Waals surface area (Å²) in [6, 6.07) is 6.58. The van der Waals surface area contributed by atoms with Crippen molar-refractivity contribution < 1.29 is 0 Å². The van der Waals surface area contributed by atoms with Gasteiger partial charge in [0.2, 0.25) is 0 Å². The van der Waals surface area contributed by atoms with Crippen LogP contribution in [0.15, 0.2) is 22.8 Å². The number of pyridine rings is 1. The summed E-state index contributed by atoms with van der Waals surface area (Å²) in [4.78, 5) is 4.42. The molecule has 0 spiro atoms. The normalized spacial score (nSPS) is 24.1. The highest BCUT2D eigenvalue weighted by Crippen LogP contribution is 2.36. The van der Waals surface area contributed by atoms with Gasteiger partial charge in [0.15, 0.2) is 0 Å². The van der Waals surface area contributed by atoms with E-state index in [0.717, 1.165) is 10.4 Å². The van der Waals surface area contributed by atoms with Gasteiger partial charge in [-0.2, -0.15) is 0 Å². The fourth-order valence-electron chi connectivity index (χ4n) is 2.52. The van der Waals surface area contributed by atoms with E-state index in [2.05, 4.69) is 40.1 Å². The molecule has 1 N–H and O–H groups in total. The Morgan fingerprint density at radius 1 is 1.44 bits per heavy atom. The van der Waals surface area contributed by atoms with Crippen molar-refractivity contribution in [3.63, 3.8) is 0 Å². The second kappa shape index (κ2) is 4.74. The molecule has 88 valence electrons. The quantitative estimate of drug-likeness (QED) is 0.822. The molecule has 1 saturated carbocycles. The second-order valence-corrected chi connectivity index (χ2v) is 6.26. The molecule has 0 saturated heterocycles. The van der Waals surface area contributed by atoms with E-state index in [-0.39, 0.29) is 0 Å². The zero-order valence-electron chi connectivity index (χ0n) is 9.96. The van der Waals surface area contributed by atoms with E-state index in [1.54, 1.807) is 0 Å². The molecular weight excluding hydrogens is 264 g/mol. The Morgan fingerprint density at radius 3 is 2.94 bits per heavy atom. The lowest BCUT2D eigenvalue weighted by Crippen LogP contribution is -2.32. The summed E-state index contributed by atoms with van der Waals surface area (Å²) in [6.45, 7) is 4.71. The van der Waals surface area contributed by atoms with E-state index < -0.39 is 0 Å². The molecule has 0 aliphatic heterocycles. The topological polar surface area (TPSA) is 24.9 Å². The SMILES string of the molecule is CC1(C)CCCC(Nc2cccc(Br)n2)C1.